The number of benzene rings is 2. The molecule has 0 saturated heterocycles. The summed E-state index contributed by atoms with van der Waals surface area (Å²) in [7, 11) is 0. The molecule has 0 radical (unpaired) electrons. The maximum atomic E-state index is 13.5. The molecule has 0 aliphatic carbocycles. The summed E-state index contributed by atoms with van der Waals surface area (Å²) in [6, 6.07) is 8.16. The Labute approximate surface area is 117 Å². The van der Waals surface area contributed by atoms with Crippen LogP contribution in [0.3, 0.4) is 0 Å². The van der Waals surface area contributed by atoms with E-state index in [1.54, 1.807) is 19.1 Å². The van der Waals surface area contributed by atoms with Crippen LogP contribution in [0.15, 0.2) is 40.9 Å². The van der Waals surface area contributed by atoms with Crippen molar-refractivity contribution in [1.82, 2.24) is 0 Å². The van der Waals surface area contributed by atoms with Crippen molar-refractivity contribution in [2.75, 3.05) is 5.32 Å². The normalized spacial score (nSPS) is 12.3. The highest BCUT2D eigenvalue weighted by atomic mass is 79.9. The van der Waals surface area contributed by atoms with Crippen molar-refractivity contribution in [1.29, 1.82) is 0 Å². The van der Waals surface area contributed by atoms with Crippen LogP contribution < -0.4 is 5.32 Å². The highest BCUT2D eigenvalue weighted by Gasteiger charge is 2.12. The summed E-state index contributed by atoms with van der Waals surface area (Å²) < 4.78 is 40.1. The average molecular weight is 330 g/mol. The number of anilines is 1. The largest absolute Gasteiger partial charge is 0.376 e. The van der Waals surface area contributed by atoms with Gasteiger partial charge in [-0.2, -0.15) is 0 Å². The number of halogens is 4. The number of nitrogens with one attached hydrogen (secondary N) is 1. The van der Waals surface area contributed by atoms with Crippen LogP contribution >= 0.6 is 15.9 Å². The standard InChI is InChI=1S/C14H11BrF3N/c1-8(9-5-6-11(16)10(15)7-9)19-13-4-2-3-12(17)14(13)18/h2-8,19H,1H3. The third kappa shape index (κ3) is 3.10. The Hall–Kier alpha value is -1.49. The van der Waals surface area contributed by atoms with Gasteiger partial charge in [-0.1, -0.05) is 12.1 Å². The molecule has 2 aromatic carbocycles. The van der Waals surface area contributed by atoms with Crippen molar-refractivity contribution in [2.45, 2.75) is 13.0 Å². The molecule has 100 valence electrons. The monoisotopic (exact) mass is 329 g/mol. The van der Waals surface area contributed by atoms with Crippen LogP contribution in [0.5, 0.6) is 0 Å². The van der Waals surface area contributed by atoms with Crippen molar-refractivity contribution < 1.29 is 13.2 Å². The summed E-state index contributed by atoms with van der Waals surface area (Å²) in [6.07, 6.45) is 0. The second kappa shape index (κ2) is 5.65. The minimum atomic E-state index is -0.921. The fourth-order valence-electron chi connectivity index (χ4n) is 1.71. The first-order valence-corrected chi connectivity index (χ1v) is 6.44. The Balaban J connectivity index is 2.23. The maximum Gasteiger partial charge on any atom is 0.181 e. The van der Waals surface area contributed by atoms with E-state index in [2.05, 4.69) is 21.2 Å². The fourth-order valence-corrected chi connectivity index (χ4v) is 2.11. The lowest BCUT2D eigenvalue weighted by atomic mass is 10.1. The zero-order valence-electron chi connectivity index (χ0n) is 10.1. The Morgan fingerprint density at radius 2 is 1.79 bits per heavy atom. The molecule has 1 nitrogen and oxygen atoms in total. The molecular weight excluding hydrogens is 319 g/mol. The summed E-state index contributed by atoms with van der Waals surface area (Å²) in [5.41, 5.74) is 0.838. The minimum absolute atomic E-state index is 0.0768. The Kier molecular flexibility index (Phi) is 4.14. The second-order valence-electron chi connectivity index (χ2n) is 4.14. The van der Waals surface area contributed by atoms with Gasteiger partial charge >= 0.3 is 0 Å². The van der Waals surface area contributed by atoms with Gasteiger partial charge in [-0.25, -0.2) is 13.2 Å². The average Bonchev–Trinajstić information content (AvgIpc) is 2.38. The van der Waals surface area contributed by atoms with Gasteiger partial charge in [0.15, 0.2) is 11.6 Å². The summed E-state index contributed by atoms with van der Waals surface area (Å²) in [5.74, 6) is -2.19. The highest BCUT2D eigenvalue weighted by molar-refractivity contribution is 9.10. The Morgan fingerprint density at radius 1 is 1.05 bits per heavy atom. The van der Waals surface area contributed by atoms with Gasteiger partial charge in [0.1, 0.15) is 5.82 Å². The van der Waals surface area contributed by atoms with Crippen molar-refractivity contribution in [3.8, 4) is 0 Å². The molecule has 2 rings (SSSR count). The van der Waals surface area contributed by atoms with Crippen LogP contribution in [0.2, 0.25) is 0 Å². The van der Waals surface area contributed by atoms with Gasteiger partial charge in [0, 0.05) is 6.04 Å². The fraction of sp³-hybridized carbons (Fsp3) is 0.143. The van der Waals surface area contributed by atoms with E-state index in [0.29, 0.717) is 4.47 Å². The van der Waals surface area contributed by atoms with Gasteiger partial charge in [0.2, 0.25) is 0 Å². The first kappa shape index (κ1) is 13.9. The molecule has 1 N–H and O–H groups in total. The molecule has 0 bridgehead atoms. The number of hydrogen-bond donors (Lipinski definition) is 1. The van der Waals surface area contributed by atoms with Crippen molar-refractivity contribution >= 4 is 21.6 Å². The lowest BCUT2D eigenvalue weighted by molar-refractivity contribution is 0.510. The minimum Gasteiger partial charge on any atom is -0.376 e. The van der Waals surface area contributed by atoms with E-state index < -0.39 is 11.6 Å². The predicted molar refractivity (Wildman–Crippen MR) is 72.5 cm³/mol. The molecule has 1 atom stereocenters. The molecule has 0 aliphatic rings. The highest BCUT2D eigenvalue weighted by Crippen LogP contribution is 2.25. The molecule has 0 saturated carbocycles. The van der Waals surface area contributed by atoms with Gasteiger partial charge in [0.05, 0.1) is 10.2 Å². The molecule has 19 heavy (non-hydrogen) atoms. The van der Waals surface area contributed by atoms with Crippen LogP contribution in [0.25, 0.3) is 0 Å². The van der Waals surface area contributed by atoms with E-state index in [9.17, 15) is 13.2 Å². The van der Waals surface area contributed by atoms with Gasteiger partial charge in [0.25, 0.3) is 0 Å². The summed E-state index contributed by atoms with van der Waals surface area (Å²) in [6.45, 7) is 1.78. The lowest BCUT2D eigenvalue weighted by Crippen LogP contribution is -2.08. The molecule has 0 fully saturated rings. The van der Waals surface area contributed by atoms with Gasteiger partial charge < -0.3 is 5.32 Å². The SMILES string of the molecule is CC(Nc1cccc(F)c1F)c1ccc(F)c(Br)c1. The first-order chi connectivity index (χ1) is 8.99. The zero-order valence-corrected chi connectivity index (χ0v) is 11.6. The summed E-state index contributed by atoms with van der Waals surface area (Å²) in [5, 5.41) is 2.86. The number of hydrogen-bond acceptors (Lipinski definition) is 1. The van der Waals surface area contributed by atoms with E-state index in [1.807, 2.05) is 0 Å². The van der Waals surface area contributed by atoms with Gasteiger partial charge in [-0.3, -0.25) is 0 Å². The number of rotatable bonds is 3. The third-order valence-corrected chi connectivity index (χ3v) is 3.37. The summed E-state index contributed by atoms with van der Waals surface area (Å²) in [4.78, 5) is 0. The molecule has 0 aliphatic heterocycles. The van der Waals surface area contributed by atoms with E-state index in [0.717, 1.165) is 11.6 Å². The molecule has 0 aromatic heterocycles. The van der Waals surface area contributed by atoms with Crippen LogP contribution in [0, 0.1) is 17.5 Å². The molecule has 0 heterocycles. The third-order valence-electron chi connectivity index (χ3n) is 2.77. The van der Waals surface area contributed by atoms with E-state index in [4.69, 9.17) is 0 Å². The van der Waals surface area contributed by atoms with Crippen molar-refractivity contribution in [3.63, 3.8) is 0 Å². The predicted octanol–water partition coefficient (Wildman–Crippen LogP) is 5.04. The zero-order chi connectivity index (χ0) is 14.0. The van der Waals surface area contributed by atoms with Crippen LogP contribution in [-0.2, 0) is 0 Å². The van der Waals surface area contributed by atoms with Gasteiger partial charge in [-0.15, -0.1) is 0 Å². The second-order valence-corrected chi connectivity index (χ2v) is 5.00. The molecule has 0 spiro atoms. The smallest absolute Gasteiger partial charge is 0.181 e. The van der Waals surface area contributed by atoms with Crippen molar-refractivity contribution in [2.24, 2.45) is 0 Å². The van der Waals surface area contributed by atoms with E-state index >= 15 is 0 Å². The maximum absolute atomic E-state index is 13.5. The molecular formula is C14H11BrF3N. The molecule has 0 amide bonds. The molecule has 2 aromatic rings. The first-order valence-electron chi connectivity index (χ1n) is 5.64. The molecule has 5 heteroatoms. The summed E-state index contributed by atoms with van der Waals surface area (Å²) >= 11 is 3.09. The van der Waals surface area contributed by atoms with Crippen LogP contribution in [-0.4, -0.2) is 0 Å². The van der Waals surface area contributed by atoms with Crippen molar-refractivity contribution in [3.05, 3.63) is 63.9 Å². The van der Waals surface area contributed by atoms with E-state index in [-0.39, 0.29) is 17.5 Å². The van der Waals surface area contributed by atoms with Gasteiger partial charge in [-0.05, 0) is 52.7 Å². The molecule has 1 unspecified atom stereocenters. The Bertz CT molecular complexity index is 601. The lowest BCUT2D eigenvalue weighted by Gasteiger charge is -2.16. The Morgan fingerprint density at radius 3 is 2.47 bits per heavy atom. The topological polar surface area (TPSA) is 12.0 Å². The quantitative estimate of drug-likeness (QED) is 0.831. The van der Waals surface area contributed by atoms with Crippen LogP contribution in [0.4, 0.5) is 18.9 Å². The van der Waals surface area contributed by atoms with E-state index in [1.165, 1.54) is 18.2 Å². The van der Waals surface area contributed by atoms with Crippen LogP contribution in [0.1, 0.15) is 18.5 Å².